The standard InChI is InChI=1S/C19H27N3O4/c1-19(2,3)26-18(24)22-10-8-12(9-11-22)15-14(25-5)7-6-13-16(15)21(4)17(23)20-13/h6-7,12H,8-11H2,1-5H3,(H,20,23). The molecule has 1 saturated heterocycles. The van der Waals surface area contributed by atoms with Gasteiger partial charge in [-0.2, -0.15) is 0 Å². The van der Waals surface area contributed by atoms with Crippen LogP contribution in [0.3, 0.4) is 0 Å². The van der Waals surface area contributed by atoms with Crippen LogP contribution in [0.5, 0.6) is 5.75 Å². The van der Waals surface area contributed by atoms with Gasteiger partial charge < -0.3 is 19.4 Å². The summed E-state index contributed by atoms with van der Waals surface area (Å²) in [4.78, 5) is 29.0. The molecule has 0 unspecified atom stereocenters. The third kappa shape index (κ3) is 3.43. The quantitative estimate of drug-likeness (QED) is 0.892. The number of rotatable bonds is 2. The lowest BCUT2D eigenvalue weighted by atomic mass is 9.88. The average molecular weight is 361 g/mol. The van der Waals surface area contributed by atoms with Crippen LogP contribution in [-0.4, -0.2) is 46.3 Å². The number of piperidine rings is 1. The molecule has 1 amide bonds. The van der Waals surface area contributed by atoms with Gasteiger partial charge in [0.2, 0.25) is 0 Å². The lowest BCUT2D eigenvalue weighted by Crippen LogP contribution is -2.41. The Hall–Kier alpha value is -2.44. The van der Waals surface area contributed by atoms with Gasteiger partial charge in [-0.15, -0.1) is 0 Å². The number of aromatic nitrogens is 2. The fourth-order valence-electron chi connectivity index (χ4n) is 3.60. The molecule has 7 nitrogen and oxygen atoms in total. The number of hydrogen-bond donors (Lipinski definition) is 1. The zero-order valence-corrected chi connectivity index (χ0v) is 16.1. The number of hydrogen-bond acceptors (Lipinski definition) is 4. The fraction of sp³-hybridized carbons (Fsp3) is 0.579. The molecule has 1 aliphatic heterocycles. The van der Waals surface area contributed by atoms with Gasteiger partial charge in [0, 0.05) is 25.7 Å². The highest BCUT2D eigenvalue weighted by molar-refractivity contribution is 5.82. The zero-order chi connectivity index (χ0) is 19.1. The van der Waals surface area contributed by atoms with E-state index in [4.69, 9.17) is 9.47 Å². The molecule has 1 aromatic heterocycles. The topological polar surface area (TPSA) is 76.6 Å². The molecule has 1 N–H and O–H groups in total. The predicted molar refractivity (Wildman–Crippen MR) is 99.9 cm³/mol. The van der Waals surface area contributed by atoms with Gasteiger partial charge >= 0.3 is 11.8 Å². The van der Waals surface area contributed by atoms with Crippen molar-refractivity contribution in [2.24, 2.45) is 7.05 Å². The summed E-state index contributed by atoms with van der Waals surface area (Å²) in [5.74, 6) is 0.997. The summed E-state index contributed by atoms with van der Waals surface area (Å²) in [5.41, 5.74) is 2.09. The first-order valence-corrected chi connectivity index (χ1v) is 8.95. The van der Waals surface area contributed by atoms with Crippen molar-refractivity contribution < 1.29 is 14.3 Å². The Morgan fingerprint density at radius 2 is 1.88 bits per heavy atom. The van der Waals surface area contributed by atoms with Crippen LogP contribution < -0.4 is 10.4 Å². The van der Waals surface area contributed by atoms with Crippen LogP contribution in [0, 0.1) is 0 Å². The second-order valence-electron chi connectivity index (χ2n) is 7.81. The lowest BCUT2D eigenvalue weighted by Gasteiger charge is -2.34. The molecular weight excluding hydrogens is 334 g/mol. The molecule has 7 heteroatoms. The van der Waals surface area contributed by atoms with Crippen molar-refractivity contribution >= 4 is 17.1 Å². The molecule has 0 aliphatic carbocycles. The van der Waals surface area contributed by atoms with Crippen LogP contribution in [-0.2, 0) is 11.8 Å². The highest BCUT2D eigenvalue weighted by atomic mass is 16.6. The summed E-state index contributed by atoms with van der Waals surface area (Å²) in [5, 5.41) is 0. The summed E-state index contributed by atoms with van der Waals surface area (Å²) < 4.78 is 12.7. The number of amides is 1. The van der Waals surface area contributed by atoms with Crippen molar-refractivity contribution in [3.8, 4) is 5.75 Å². The Morgan fingerprint density at radius 3 is 2.46 bits per heavy atom. The number of aromatic amines is 1. The molecule has 2 heterocycles. The minimum absolute atomic E-state index is 0.138. The molecular formula is C19H27N3O4. The first-order valence-electron chi connectivity index (χ1n) is 8.95. The number of imidazole rings is 1. The molecule has 0 radical (unpaired) electrons. The monoisotopic (exact) mass is 361 g/mol. The molecule has 0 spiro atoms. The summed E-state index contributed by atoms with van der Waals surface area (Å²) >= 11 is 0. The first kappa shape index (κ1) is 18.4. The summed E-state index contributed by atoms with van der Waals surface area (Å²) in [6, 6.07) is 3.77. The van der Waals surface area contributed by atoms with Gasteiger partial charge in [0.15, 0.2) is 0 Å². The number of carbonyl (C=O) groups excluding carboxylic acids is 1. The normalized spacial score (nSPS) is 16.1. The van der Waals surface area contributed by atoms with Gasteiger partial charge in [-0.1, -0.05) is 0 Å². The maximum Gasteiger partial charge on any atom is 0.410 e. The van der Waals surface area contributed by atoms with Crippen LogP contribution in [0.4, 0.5) is 4.79 Å². The third-order valence-corrected chi connectivity index (χ3v) is 4.83. The van der Waals surface area contributed by atoms with Crippen LogP contribution in [0.25, 0.3) is 11.0 Å². The van der Waals surface area contributed by atoms with Crippen LogP contribution in [0.2, 0.25) is 0 Å². The summed E-state index contributed by atoms with van der Waals surface area (Å²) in [6.45, 7) is 6.86. The molecule has 3 rings (SSSR count). The minimum atomic E-state index is -0.494. The molecule has 0 atom stereocenters. The highest BCUT2D eigenvalue weighted by Gasteiger charge is 2.30. The zero-order valence-electron chi connectivity index (χ0n) is 16.1. The minimum Gasteiger partial charge on any atom is -0.496 e. The van der Waals surface area contributed by atoms with Gasteiger partial charge in [0.25, 0.3) is 0 Å². The van der Waals surface area contributed by atoms with Crippen LogP contribution in [0.15, 0.2) is 16.9 Å². The van der Waals surface area contributed by atoms with Gasteiger partial charge in [-0.05, 0) is 51.7 Å². The van der Waals surface area contributed by atoms with E-state index in [1.165, 1.54) is 0 Å². The molecule has 1 aromatic carbocycles. The number of fused-ring (bicyclic) bond motifs is 1. The van der Waals surface area contributed by atoms with Crippen molar-refractivity contribution in [3.63, 3.8) is 0 Å². The van der Waals surface area contributed by atoms with Crippen molar-refractivity contribution in [2.45, 2.75) is 45.1 Å². The van der Waals surface area contributed by atoms with E-state index in [-0.39, 0.29) is 17.7 Å². The number of ether oxygens (including phenoxy) is 2. The SMILES string of the molecule is COc1ccc2[nH]c(=O)n(C)c2c1C1CCN(C(=O)OC(C)(C)C)CC1. The van der Waals surface area contributed by atoms with Gasteiger partial charge in [-0.3, -0.25) is 4.57 Å². The van der Waals surface area contributed by atoms with E-state index in [2.05, 4.69) is 4.98 Å². The Bertz CT molecular complexity index is 867. The predicted octanol–water partition coefficient (Wildman–Crippen LogP) is 2.99. The molecule has 1 fully saturated rings. The summed E-state index contributed by atoms with van der Waals surface area (Å²) in [7, 11) is 3.41. The molecule has 1 aliphatic rings. The van der Waals surface area contributed by atoms with Gasteiger partial charge in [-0.25, -0.2) is 9.59 Å². The van der Waals surface area contributed by atoms with Crippen LogP contribution >= 0.6 is 0 Å². The number of methoxy groups -OCH3 is 1. The second kappa shape index (κ2) is 6.70. The number of carbonyl (C=O) groups is 1. The molecule has 2 aromatic rings. The molecule has 142 valence electrons. The largest absolute Gasteiger partial charge is 0.496 e. The maximum atomic E-state index is 12.3. The number of nitrogens with zero attached hydrogens (tertiary/aromatic N) is 2. The highest BCUT2D eigenvalue weighted by Crippen LogP contribution is 2.38. The van der Waals surface area contributed by atoms with Gasteiger partial charge in [0.1, 0.15) is 11.4 Å². The third-order valence-electron chi connectivity index (χ3n) is 4.83. The Kier molecular flexibility index (Phi) is 4.73. The maximum absolute atomic E-state index is 12.3. The van der Waals surface area contributed by atoms with Crippen LogP contribution in [0.1, 0.15) is 45.1 Å². The first-order chi connectivity index (χ1) is 12.2. The number of nitrogens with one attached hydrogen (secondary N) is 1. The van der Waals surface area contributed by atoms with E-state index in [1.54, 1.807) is 23.6 Å². The molecule has 0 bridgehead atoms. The average Bonchev–Trinajstić information content (AvgIpc) is 2.87. The van der Waals surface area contributed by atoms with Gasteiger partial charge in [0.05, 0.1) is 18.1 Å². The van der Waals surface area contributed by atoms with E-state index in [9.17, 15) is 9.59 Å². The summed E-state index contributed by atoms with van der Waals surface area (Å²) in [6.07, 6.45) is 1.33. The Balaban J connectivity index is 1.86. The van der Waals surface area contributed by atoms with E-state index < -0.39 is 5.60 Å². The van der Waals surface area contributed by atoms with Crippen molar-refractivity contribution in [1.29, 1.82) is 0 Å². The van der Waals surface area contributed by atoms with Crippen molar-refractivity contribution in [2.75, 3.05) is 20.2 Å². The Labute approximate surface area is 152 Å². The van der Waals surface area contributed by atoms with E-state index in [1.807, 2.05) is 32.9 Å². The van der Waals surface area contributed by atoms with E-state index >= 15 is 0 Å². The fourth-order valence-corrected chi connectivity index (χ4v) is 3.60. The smallest absolute Gasteiger partial charge is 0.410 e. The number of aryl methyl sites for hydroxylation is 1. The van der Waals surface area contributed by atoms with E-state index in [0.29, 0.717) is 13.1 Å². The number of benzene rings is 1. The molecule has 26 heavy (non-hydrogen) atoms. The number of likely N-dealkylation sites (tertiary alicyclic amines) is 1. The number of H-pyrrole nitrogens is 1. The Morgan fingerprint density at radius 1 is 1.23 bits per heavy atom. The van der Waals surface area contributed by atoms with E-state index in [0.717, 1.165) is 35.2 Å². The lowest BCUT2D eigenvalue weighted by molar-refractivity contribution is 0.0205. The van der Waals surface area contributed by atoms with Crippen molar-refractivity contribution in [3.05, 3.63) is 28.2 Å². The molecule has 0 saturated carbocycles. The second-order valence-corrected chi connectivity index (χ2v) is 7.81. The van der Waals surface area contributed by atoms with Crippen molar-refractivity contribution in [1.82, 2.24) is 14.5 Å².